The number of aliphatic hydroxyl groups excluding tert-OH is 1. The highest BCUT2D eigenvalue weighted by Gasteiger charge is 2.21. The van der Waals surface area contributed by atoms with Crippen LogP contribution in [0.5, 0.6) is 0 Å². The predicted molar refractivity (Wildman–Crippen MR) is 51.8 cm³/mol. The van der Waals surface area contributed by atoms with Crippen molar-refractivity contribution in [1.29, 1.82) is 0 Å². The average Bonchev–Trinajstić information content (AvgIpc) is 1.85. The molecule has 2 nitrogen and oxygen atoms in total. The first kappa shape index (κ1) is 11.5. The summed E-state index contributed by atoms with van der Waals surface area (Å²) in [6.45, 7) is 8.36. The number of β-amino-alcohol motifs (C(OH)–C–C–N with tert-alkyl or cyclic N) is 1. The fourth-order valence-electron chi connectivity index (χ4n) is 1.03. The van der Waals surface area contributed by atoms with Gasteiger partial charge in [0.25, 0.3) is 0 Å². The summed E-state index contributed by atoms with van der Waals surface area (Å²) in [5, 5.41) is 9.16. The van der Waals surface area contributed by atoms with Gasteiger partial charge in [-0.1, -0.05) is 5.92 Å². The Morgan fingerprint density at radius 3 is 2.33 bits per heavy atom. The molecule has 0 saturated heterocycles. The van der Waals surface area contributed by atoms with Gasteiger partial charge in [-0.25, -0.2) is 0 Å². The molecule has 0 fully saturated rings. The summed E-state index contributed by atoms with van der Waals surface area (Å²) in [5.74, 6) is 5.98. The van der Waals surface area contributed by atoms with Crippen molar-refractivity contribution in [3.05, 3.63) is 0 Å². The van der Waals surface area contributed by atoms with Gasteiger partial charge in [-0.3, -0.25) is 4.90 Å². The maximum absolute atomic E-state index is 9.16. The number of hydrogen-bond donors (Lipinski definition) is 1. The molecule has 1 N–H and O–H groups in total. The van der Waals surface area contributed by atoms with Crippen LogP contribution in [0.4, 0.5) is 0 Å². The molecule has 0 aromatic carbocycles. The van der Waals surface area contributed by atoms with Crippen LogP contribution in [-0.4, -0.2) is 35.2 Å². The molecule has 12 heavy (non-hydrogen) atoms. The van der Waals surface area contributed by atoms with E-state index in [1.54, 1.807) is 6.92 Å². The maximum Gasteiger partial charge on any atom is 0.0767 e. The highest BCUT2D eigenvalue weighted by atomic mass is 16.3. The number of likely N-dealkylation sites (N-methyl/N-ethyl adjacent to an activating group) is 1. The van der Waals surface area contributed by atoms with E-state index in [1.165, 1.54) is 0 Å². The monoisotopic (exact) mass is 169 g/mol. The second-order valence-electron chi connectivity index (χ2n) is 3.66. The van der Waals surface area contributed by atoms with Crippen molar-refractivity contribution in [1.82, 2.24) is 4.90 Å². The summed E-state index contributed by atoms with van der Waals surface area (Å²) in [7, 11) is 1.97. The van der Waals surface area contributed by atoms with Crippen LogP contribution in [0.2, 0.25) is 0 Å². The maximum atomic E-state index is 9.16. The van der Waals surface area contributed by atoms with E-state index in [4.69, 9.17) is 5.11 Å². The Hall–Kier alpha value is -0.520. The van der Waals surface area contributed by atoms with Crippen molar-refractivity contribution in [3.63, 3.8) is 0 Å². The quantitative estimate of drug-likeness (QED) is 0.640. The molecule has 0 amide bonds. The lowest BCUT2D eigenvalue weighted by atomic mass is 10.0. The minimum absolute atomic E-state index is 0.147. The van der Waals surface area contributed by atoms with Crippen molar-refractivity contribution in [2.24, 2.45) is 0 Å². The summed E-state index contributed by atoms with van der Waals surface area (Å²) in [5.41, 5.74) is -0.147. The van der Waals surface area contributed by atoms with Crippen LogP contribution in [0, 0.1) is 11.8 Å². The van der Waals surface area contributed by atoms with Crippen LogP contribution < -0.4 is 0 Å². The van der Waals surface area contributed by atoms with Gasteiger partial charge in [-0.05, 0) is 34.7 Å². The predicted octanol–water partition coefficient (Wildman–Crippen LogP) is 1.10. The molecule has 0 aliphatic rings. The van der Waals surface area contributed by atoms with Gasteiger partial charge < -0.3 is 5.11 Å². The third-order valence-electron chi connectivity index (χ3n) is 1.92. The van der Waals surface area contributed by atoms with E-state index in [0.717, 1.165) is 0 Å². The second-order valence-corrected chi connectivity index (χ2v) is 3.66. The van der Waals surface area contributed by atoms with Crippen molar-refractivity contribution in [3.8, 4) is 11.8 Å². The summed E-state index contributed by atoms with van der Waals surface area (Å²) in [6.07, 6.45) is -0.298. The van der Waals surface area contributed by atoms with Crippen molar-refractivity contribution in [2.45, 2.75) is 39.3 Å². The zero-order valence-electron chi connectivity index (χ0n) is 8.68. The molecule has 0 bridgehead atoms. The molecular formula is C10H19NO. The minimum Gasteiger partial charge on any atom is -0.392 e. The van der Waals surface area contributed by atoms with E-state index in [9.17, 15) is 0 Å². The Balaban J connectivity index is 4.21. The van der Waals surface area contributed by atoms with Crippen molar-refractivity contribution in [2.75, 3.05) is 13.6 Å². The molecule has 0 aromatic heterocycles. The average molecular weight is 169 g/mol. The molecule has 0 rings (SSSR count). The largest absolute Gasteiger partial charge is 0.392 e. The van der Waals surface area contributed by atoms with Crippen molar-refractivity contribution >= 4 is 0 Å². The van der Waals surface area contributed by atoms with Gasteiger partial charge in [0.2, 0.25) is 0 Å². The molecule has 2 heteroatoms. The van der Waals surface area contributed by atoms with E-state index in [-0.39, 0.29) is 11.6 Å². The molecule has 1 atom stereocenters. The molecular weight excluding hydrogens is 150 g/mol. The lowest BCUT2D eigenvalue weighted by molar-refractivity contribution is 0.105. The fraction of sp³-hybridized carbons (Fsp3) is 0.800. The van der Waals surface area contributed by atoms with Crippen LogP contribution >= 0.6 is 0 Å². The Kier molecular flexibility index (Phi) is 4.30. The van der Waals surface area contributed by atoms with Gasteiger partial charge in [-0.2, -0.15) is 0 Å². The SMILES string of the molecule is CC#CC(C)(C)N(C)C[C@@H](C)O. The van der Waals surface area contributed by atoms with Crippen LogP contribution in [0.15, 0.2) is 0 Å². The van der Waals surface area contributed by atoms with Gasteiger partial charge in [-0.15, -0.1) is 5.92 Å². The Morgan fingerprint density at radius 1 is 1.50 bits per heavy atom. The van der Waals surface area contributed by atoms with Gasteiger partial charge in [0, 0.05) is 6.54 Å². The highest BCUT2D eigenvalue weighted by Crippen LogP contribution is 2.10. The van der Waals surface area contributed by atoms with E-state index in [0.29, 0.717) is 6.54 Å². The van der Waals surface area contributed by atoms with Crippen LogP contribution in [0.1, 0.15) is 27.7 Å². The second kappa shape index (κ2) is 4.49. The Bertz CT molecular complexity index is 186. The highest BCUT2D eigenvalue weighted by molar-refractivity contribution is 5.12. The normalized spacial score (nSPS) is 13.9. The smallest absolute Gasteiger partial charge is 0.0767 e. The molecule has 0 saturated carbocycles. The lowest BCUT2D eigenvalue weighted by Crippen LogP contribution is -2.43. The molecule has 0 heterocycles. The lowest BCUT2D eigenvalue weighted by Gasteiger charge is -2.31. The standard InChI is InChI=1S/C10H19NO/c1-6-7-10(3,4)11(5)8-9(2)12/h9,12H,8H2,1-5H3/t9-/m1/s1. The zero-order chi connectivity index (χ0) is 9.78. The molecule has 0 aliphatic carbocycles. The van der Waals surface area contributed by atoms with E-state index in [2.05, 4.69) is 11.8 Å². The fourth-order valence-corrected chi connectivity index (χ4v) is 1.03. The van der Waals surface area contributed by atoms with Crippen LogP contribution in [0.3, 0.4) is 0 Å². The minimum atomic E-state index is -0.298. The first-order valence-corrected chi connectivity index (χ1v) is 4.23. The molecule has 70 valence electrons. The zero-order valence-corrected chi connectivity index (χ0v) is 8.68. The number of rotatable bonds is 3. The van der Waals surface area contributed by atoms with Crippen LogP contribution in [0.25, 0.3) is 0 Å². The number of aliphatic hydroxyl groups is 1. The third-order valence-corrected chi connectivity index (χ3v) is 1.92. The van der Waals surface area contributed by atoms with Gasteiger partial charge >= 0.3 is 0 Å². The summed E-state index contributed by atoms with van der Waals surface area (Å²) >= 11 is 0. The number of nitrogens with zero attached hydrogens (tertiary/aromatic N) is 1. The van der Waals surface area contributed by atoms with E-state index in [1.807, 2.05) is 32.7 Å². The molecule has 0 aliphatic heterocycles. The summed E-state index contributed by atoms with van der Waals surface area (Å²) in [4.78, 5) is 2.05. The summed E-state index contributed by atoms with van der Waals surface area (Å²) in [6, 6.07) is 0. The van der Waals surface area contributed by atoms with E-state index < -0.39 is 0 Å². The first-order chi connectivity index (χ1) is 5.40. The van der Waals surface area contributed by atoms with E-state index >= 15 is 0 Å². The summed E-state index contributed by atoms with van der Waals surface area (Å²) < 4.78 is 0. The van der Waals surface area contributed by atoms with Crippen LogP contribution in [-0.2, 0) is 0 Å². The number of hydrogen-bond acceptors (Lipinski definition) is 2. The molecule has 0 radical (unpaired) electrons. The Labute approximate surface area is 75.6 Å². The Morgan fingerprint density at radius 2 is 2.00 bits per heavy atom. The first-order valence-electron chi connectivity index (χ1n) is 4.23. The molecule has 0 unspecified atom stereocenters. The van der Waals surface area contributed by atoms with Gasteiger partial charge in [0.1, 0.15) is 0 Å². The van der Waals surface area contributed by atoms with Crippen molar-refractivity contribution < 1.29 is 5.11 Å². The topological polar surface area (TPSA) is 23.5 Å². The molecule has 0 aromatic rings. The third kappa shape index (κ3) is 3.75. The molecule has 0 spiro atoms. The van der Waals surface area contributed by atoms with Gasteiger partial charge in [0.05, 0.1) is 11.6 Å². The van der Waals surface area contributed by atoms with Gasteiger partial charge in [0.15, 0.2) is 0 Å².